The Bertz CT molecular complexity index is 361. The molecule has 0 saturated heterocycles. The normalized spacial score (nSPS) is 19.2. The summed E-state index contributed by atoms with van der Waals surface area (Å²) < 4.78 is 23.9. The second kappa shape index (κ2) is 5.79. The van der Waals surface area contributed by atoms with E-state index in [2.05, 4.69) is 10.0 Å². The third-order valence-corrected chi connectivity index (χ3v) is 3.68. The minimum atomic E-state index is -3.14. The van der Waals surface area contributed by atoms with E-state index in [0.29, 0.717) is 19.5 Å². The summed E-state index contributed by atoms with van der Waals surface area (Å²) in [4.78, 5) is 11.8. The molecule has 0 aromatic rings. The molecule has 0 atom stereocenters. The molecule has 1 saturated carbocycles. The summed E-state index contributed by atoms with van der Waals surface area (Å²) >= 11 is 0. The lowest BCUT2D eigenvalue weighted by Crippen LogP contribution is -2.52. The fourth-order valence-electron chi connectivity index (χ4n) is 1.96. The van der Waals surface area contributed by atoms with E-state index < -0.39 is 15.6 Å². The van der Waals surface area contributed by atoms with Crippen LogP contribution in [0, 0.1) is 0 Å². The molecule has 1 fully saturated rings. The van der Waals surface area contributed by atoms with Crippen molar-refractivity contribution in [1.29, 1.82) is 0 Å². The first-order chi connectivity index (χ1) is 7.83. The molecule has 0 aromatic carbocycles. The van der Waals surface area contributed by atoms with Gasteiger partial charge in [0.25, 0.3) is 0 Å². The van der Waals surface area contributed by atoms with Crippen molar-refractivity contribution in [2.24, 2.45) is 5.73 Å². The summed E-state index contributed by atoms with van der Waals surface area (Å²) in [6, 6.07) is 0. The average molecular weight is 263 g/mol. The first-order valence-corrected chi connectivity index (χ1v) is 7.74. The maximum atomic E-state index is 11.8. The van der Waals surface area contributed by atoms with E-state index in [1.165, 1.54) is 0 Å². The summed E-state index contributed by atoms with van der Waals surface area (Å²) in [5.41, 5.74) is 5.26. The second-order valence-electron chi connectivity index (χ2n) is 4.64. The Morgan fingerprint density at radius 3 is 2.41 bits per heavy atom. The lowest BCUT2D eigenvalue weighted by Gasteiger charge is -2.22. The number of hydrogen-bond acceptors (Lipinski definition) is 4. The largest absolute Gasteiger partial charge is 0.354 e. The van der Waals surface area contributed by atoms with Crippen molar-refractivity contribution in [3.05, 3.63) is 0 Å². The van der Waals surface area contributed by atoms with E-state index in [1.807, 2.05) is 0 Å². The van der Waals surface area contributed by atoms with Gasteiger partial charge in [-0.05, 0) is 19.3 Å². The molecular weight excluding hydrogens is 242 g/mol. The molecule has 0 unspecified atom stereocenters. The van der Waals surface area contributed by atoms with E-state index in [9.17, 15) is 13.2 Å². The van der Waals surface area contributed by atoms with Gasteiger partial charge in [-0.25, -0.2) is 13.1 Å². The molecule has 7 heteroatoms. The lowest BCUT2D eigenvalue weighted by atomic mass is 9.98. The van der Waals surface area contributed by atoms with Crippen molar-refractivity contribution in [3.8, 4) is 0 Å². The van der Waals surface area contributed by atoms with Crippen molar-refractivity contribution in [2.75, 3.05) is 19.3 Å². The zero-order valence-corrected chi connectivity index (χ0v) is 11.0. The van der Waals surface area contributed by atoms with E-state index in [-0.39, 0.29) is 5.91 Å². The van der Waals surface area contributed by atoms with Gasteiger partial charge in [0.15, 0.2) is 0 Å². The zero-order valence-electron chi connectivity index (χ0n) is 10.2. The smallest absolute Gasteiger partial charge is 0.240 e. The first-order valence-electron chi connectivity index (χ1n) is 5.85. The van der Waals surface area contributed by atoms with Crippen LogP contribution < -0.4 is 15.8 Å². The second-order valence-corrected chi connectivity index (χ2v) is 6.47. The summed E-state index contributed by atoms with van der Waals surface area (Å²) in [5.74, 6) is -0.116. The molecule has 1 rings (SSSR count). The minimum absolute atomic E-state index is 0.116. The Morgan fingerprint density at radius 1 is 1.29 bits per heavy atom. The molecule has 4 N–H and O–H groups in total. The zero-order chi connectivity index (χ0) is 12.9. The molecule has 6 nitrogen and oxygen atoms in total. The standard InChI is InChI=1S/C10H21N3O3S/c1-17(15,16)13-8-4-7-12-9(14)10(11)5-2-3-6-10/h13H,2-8,11H2,1H3,(H,12,14). The molecule has 0 radical (unpaired) electrons. The van der Waals surface area contributed by atoms with E-state index in [0.717, 1.165) is 31.9 Å². The molecule has 1 aliphatic carbocycles. The molecule has 17 heavy (non-hydrogen) atoms. The van der Waals surface area contributed by atoms with E-state index in [1.54, 1.807) is 0 Å². The predicted molar refractivity (Wildman–Crippen MR) is 65.9 cm³/mol. The van der Waals surface area contributed by atoms with Gasteiger partial charge in [-0.15, -0.1) is 0 Å². The summed E-state index contributed by atoms with van der Waals surface area (Å²) in [6.07, 6.45) is 5.15. The predicted octanol–water partition coefficient (Wildman–Crippen LogP) is -0.687. The van der Waals surface area contributed by atoms with Gasteiger partial charge in [-0.2, -0.15) is 0 Å². The Kier molecular flexibility index (Phi) is 4.91. The number of nitrogens with two attached hydrogens (primary N) is 1. The molecule has 0 heterocycles. The van der Waals surface area contributed by atoms with Gasteiger partial charge < -0.3 is 11.1 Å². The van der Waals surface area contributed by atoms with Crippen molar-refractivity contribution >= 4 is 15.9 Å². The molecule has 1 aliphatic rings. The van der Waals surface area contributed by atoms with Gasteiger partial charge in [-0.3, -0.25) is 4.79 Å². The number of nitrogens with one attached hydrogen (secondary N) is 2. The summed E-state index contributed by atoms with van der Waals surface area (Å²) in [5, 5.41) is 2.75. The molecular formula is C10H21N3O3S. The molecule has 0 bridgehead atoms. The lowest BCUT2D eigenvalue weighted by molar-refractivity contribution is -0.126. The molecule has 0 aliphatic heterocycles. The Labute approximate surface area is 102 Å². The Balaban J connectivity index is 2.16. The number of carbonyl (C=O) groups is 1. The minimum Gasteiger partial charge on any atom is -0.354 e. The van der Waals surface area contributed by atoms with Crippen LogP contribution >= 0.6 is 0 Å². The molecule has 1 amide bonds. The third-order valence-electron chi connectivity index (χ3n) is 2.95. The van der Waals surface area contributed by atoms with Crippen LogP contribution in [0.3, 0.4) is 0 Å². The van der Waals surface area contributed by atoms with E-state index in [4.69, 9.17) is 5.73 Å². The summed E-state index contributed by atoms with van der Waals surface area (Å²) in [6.45, 7) is 0.775. The van der Waals surface area contributed by atoms with Crippen molar-refractivity contribution in [3.63, 3.8) is 0 Å². The van der Waals surface area contributed by atoms with Crippen LogP contribution in [0.4, 0.5) is 0 Å². The third kappa shape index (κ3) is 5.01. The van der Waals surface area contributed by atoms with Crippen LogP contribution in [0.2, 0.25) is 0 Å². The van der Waals surface area contributed by atoms with Gasteiger partial charge in [0.05, 0.1) is 11.8 Å². The van der Waals surface area contributed by atoms with Gasteiger partial charge in [0.2, 0.25) is 15.9 Å². The molecule has 0 aromatic heterocycles. The first kappa shape index (κ1) is 14.4. The Morgan fingerprint density at radius 2 is 1.88 bits per heavy atom. The van der Waals surface area contributed by atoms with Crippen molar-refractivity contribution in [2.45, 2.75) is 37.6 Å². The summed E-state index contributed by atoms with van der Waals surface area (Å²) in [7, 11) is -3.14. The number of hydrogen-bond donors (Lipinski definition) is 3. The number of carbonyl (C=O) groups excluding carboxylic acids is 1. The topological polar surface area (TPSA) is 101 Å². The van der Waals surface area contributed by atoms with E-state index >= 15 is 0 Å². The quantitative estimate of drug-likeness (QED) is 0.552. The maximum Gasteiger partial charge on any atom is 0.240 e. The average Bonchev–Trinajstić information content (AvgIpc) is 2.64. The maximum absolute atomic E-state index is 11.8. The van der Waals surface area contributed by atoms with Crippen molar-refractivity contribution < 1.29 is 13.2 Å². The van der Waals surface area contributed by atoms with Gasteiger partial charge in [0, 0.05) is 13.1 Å². The van der Waals surface area contributed by atoms with Crippen LogP contribution in [0.5, 0.6) is 0 Å². The molecule has 100 valence electrons. The van der Waals surface area contributed by atoms with Crippen LogP contribution in [0.25, 0.3) is 0 Å². The molecule has 0 spiro atoms. The van der Waals surface area contributed by atoms with Crippen LogP contribution in [0.1, 0.15) is 32.1 Å². The fourth-order valence-corrected chi connectivity index (χ4v) is 2.47. The highest BCUT2D eigenvalue weighted by Crippen LogP contribution is 2.26. The number of rotatable bonds is 6. The van der Waals surface area contributed by atoms with Crippen LogP contribution in [-0.4, -0.2) is 39.2 Å². The van der Waals surface area contributed by atoms with Crippen molar-refractivity contribution in [1.82, 2.24) is 10.0 Å². The highest BCUT2D eigenvalue weighted by atomic mass is 32.2. The fraction of sp³-hybridized carbons (Fsp3) is 0.900. The SMILES string of the molecule is CS(=O)(=O)NCCCNC(=O)C1(N)CCCC1. The van der Waals surface area contributed by atoms with Gasteiger partial charge in [-0.1, -0.05) is 12.8 Å². The number of sulfonamides is 1. The monoisotopic (exact) mass is 263 g/mol. The highest BCUT2D eigenvalue weighted by Gasteiger charge is 2.36. The highest BCUT2D eigenvalue weighted by molar-refractivity contribution is 7.88. The van der Waals surface area contributed by atoms with Crippen LogP contribution in [0.15, 0.2) is 0 Å². The van der Waals surface area contributed by atoms with Gasteiger partial charge in [0.1, 0.15) is 0 Å². The van der Waals surface area contributed by atoms with Gasteiger partial charge >= 0.3 is 0 Å². The van der Waals surface area contributed by atoms with Crippen LogP contribution in [-0.2, 0) is 14.8 Å². The number of amides is 1. The Hall–Kier alpha value is -0.660.